The number of aromatic nitrogens is 1. The molecule has 0 aliphatic carbocycles. The summed E-state index contributed by atoms with van der Waals surface area (Å²) in [5, 5.41) is 0.962. The minimum absolute atomic E-state index is 0.296. The van der Waals surface area contributed by atoms with Crippen molar-refractivity contribution in [3.05, 3.63) is 41.0 Å². The first-order valence-electron chi connectivity index (χ1n) is 4.55. The fourth-order valence-corrected chi connectivity index (χ4v) is 1.57. The molecule has 1 aromatic carbocycles. The van der Waals surface area contributed by atoms with E-state index in [1.807, 2.05) is 0 Å². The number of carbonyl (C=O) groups is 1. The number of nitrogens with zero attached hydrogens (tertiary/aromatic N) is 1. The molecule has 1 aromatic heterocycles. The number of hydrogen-bond acceptors (Lipinski definition) is 2. The molecule has 0 aliphatic heterocycles. The maximum Gasteiger partial charge on any atom is 0.454 e. The molecule has 0 saturated carbocycles. The van der Waals surface area contributed by atoms with E-state index < -0.39 is 17.5 Å². The van der Waals surface area contributed by atoms with Gasteiger partial charge in [-0.1, -0.05) is 23.7 Å². The largest absolute Gasteiger partial charge is 0.454 e. The highest BCUT2D eigenvalue weighted by Gasteiger charge is 2.39. The number of alkyl halides is 3. The van der Waals surface area contributed by atoms with Crippen LogP contribution in [0, 0.1) is 0 Å². The molecule has 2 nitrogen and oxygen atoms in total. The highest BCUT2D eigenvalue weighted by atomic mass is 35.5. The van der Waals surface area contributed by atoms with Crippen LogP contribution in [0.5, 0.6) is 0 Å². The molecule has 1 heterocycles. The third-order valence-corrected chi connectivity index (χ3v) is 2.38. The molecule has 88 valence electrons. The van der Waals surface area contributed by atoms with E-state index in [0.717, 1.165) is 12.1 Å². The van der Waals surface area contributed by atoms with Crippen LogP contribution in [-0.2, 0) is 0 Å². The lowest BCUT2D eigenvalue weighted by Crippen LogP contribution is -2.22. The first kappa shape index (κ1) is 11.9. The van der Waals surface area contributed by atoms with Crippen molar-refractivity contribution >= 4 is 28.3 Å². The van der Waals surface area contributed by atoms with Crippen LogP contribution in [0.1, 0.15) is 10.4 Å². The predicted molar refractivity (Wildman–Crippen MR) is 57.1 cm³/mol. The molecule has 17 heavy (non-hydrogen) atoms. The second-order valence-electron chi connectivity index (χ2n) is 3.39. The van der Waals surface area contributed by atoms with E-state index in [2.05, 4.69) is 4.98 Å². The molecule has 0 aliphatic rings. The van der Waals surface area contributed by atoms with Gasteiger partial charge < -0.3 is 0 Å². The van der Waals surface area contributed by atoms with E-state index in [1.165, 1.54) is 12.3 Å². The first-order chi connectivity index (χ1) is 7.88. The summed E-state index contributed by atoms with van der Waals surface area (Å²) in [6.07, 6.45) is -3.56. The fourth-order valence-electron chi connectivity index (χ4n) is 1.40. The van der Waals surface area contributed by atoms with Gasteiger partial charge in [-0.05, 0) is 12.1 Å². The molecule has 0 radical (unpaired) electrons. The summed E-state index contributed by atoms with van der Waals surface area (Å²) in [5.41, 5.74) is -0.135. The fraction of sp³-hybridized carbons (Fsp3) is 0.0909. The number of Topliss-reactive ketones (excluding diaryl/α,β-unsaturated/α-hetero) is 1. The summed E-state index contributed by atoms with van der Waals surface area (Å²) in [4.78, 5) is 14.9. The van der Waals surface area contributed by atoms with Crippen molar-refractivity contribution in [3.8, 4) is 0 Å². The van der Waals surface area contributed by atoms with Crippen LogP contribution < -0.4 is 0 Å². The van der Waals surface area contributed by atoms with Gasteiger partial charge in [0.15, 0.2) is 0 Å². The topological polar surface area (TPSA) is 30.0 Å². The molecule has 0 fully saturated rings. The standard InChI is InChI=1S/C11H5ClF3NO/c12-8-3-6-1-2-7(4-9(6)16-5-8)10(17)11(13,14)15/h1-5H. The molecule has 0 spiro atoms. The van der Waals surface area contributed by atoms with Crippen LogP contribution in [0.25, 0.3) is 10.9 Å². The van der Waals surface area contributed by atoms with E-state index in [-0.39, 0.29) is 0 Å². The lowest BCUT2D eigenvalue weighted by atomic mass is 10.1. The molecular weight excluding hydrogens is 255 g/mol. The Morgan fingerprint density at radius 3 is 2.59 bits per heavy atom. The normalized spacial score (nSPS) is 11.8. The number of carbonyl (C=O) groups excluding carboxylic acids is 1. The average molecular weight is 260 g/mol. The molecular formula is C11H5ClF3NO. The number of rotatable bonds is 1. The molecule has 2 aromatic rings. The molecule has 0 unspecified atom stereocenters. The first-order valence-corrected chi connectivity index (χ1v) is 4.92. The molecule has 2 rings (SSSR count). The van der Waals surface area contributed by atoms with E-state index in [9.17, 15) is 18.0 Å². The highest BCUT2D eigenvalue weighted by molar-refractivity contribution is 6.31. The zero-order chi connectivity index (χ0) is 12.6. The van der Waals surface area contributed by atoms with Gasteiger partial charge >= 0.3 is 6.18 Å². The third kappa shape index (κ3) is 2.39. The van der Waals surface area contributed by atoms with Crippen LogP contribution in [0.4, 0.5) is 13.2 Å². The van der Waals surface area contributed by atoms with Gasteiger partial charge in [-0.2, -0.15) is 13.2 Å². The summed E-state index contributed by atoms with van der Waals surface area (Å²) in [7, 11) is 0. The molecule has 0 bridgehead atoms. The quantitative estimate of drug-likeness (QED) is 0.732. The average Bonchev–Trinajstić information content (AvgIpc) is 2.26. The molecule has 0 amide bonds. The minimum Gasteiger partial charge on any atom is -0.284 e. The van der Waals surface area contributed by atoms with Crippen LogP contribution in [0.15, 0.2) is 30.5 Å². The monoisotopic (exact) mass is 259 g/mol. The van der Waals surface area contributed by atoms with Crippen molar-refractivity contribution in [1.82, 2.24) is 4.98 Å². The number of fused-ring (bicyclic) bond motifs is 1. The lowest BCUT2D eigenvalue weighted by Gasteiger charge is -2.05. The van der Waals surface area contributed by atoms with Crippen molar-refractivity contribution in [3.63, 3.8) is 0 Å². The Bertz CT molecular complexity index is 595. The van der Waals surface area contributed by atoms with Gasteiger partial charge in [-0.25, -0.2) is 0 Å². The summed E-state index contributed by atoms with van der Waals surface area (Å²) >= 11 is 5.68. The smallest absolute Gasteiger partial charge is 0.284 e. The van der Waals surface area contributed by atoms with Crippen molar-refractivity contribution in [2.24, 2.45) is 0 Å². The Kier molecular flexibility index (Phi) is 2.79. The zero-order valence-electron chi connectivity index (χ0n) is 8.25. The summed E-state index contributed by atoms with van der Waals surface area (Å²) < 4.78 is 36.6. The highest BCUT2D eigenvalue weighted by Crippen LogP contribution is 2.24. The second-order valence-corrected chi connectivity index (χ2v) is 3.82. The van der Waals surface area contributed by atoms with Crippen molar-refractivity contribution in [2.75, 3.05) is 0 Å². The molecule has 0 N–H and O–H groups in total. The Hall–Kier alpha value is -1.62. The van der Waals surface area contributed by atoms with Crippen LogP contribution in [0.2, 0.25) is 5.02 Å². The summed E-state index contributed by atoms with van der Waals surface area (Å²) in [6, 6.07) is 5.15. The SMILES string of the molecule is O=C(c1ccc2cc(Cl)cnc2c1)C(F)(F)F. The molecule has 0 saturated heterocycles. The Morgan fingerprint density at radius 2 is 1.94 bits per heavy atom. The number of hydrogen-bond donors (Lipinski definition) is 0. The Morgan fingerprint density at radius 1 is 1.24 bits per heavy atom. The van der Waals surface area contributed by atoms with Gasteiger partial charge in [0.25, 0.3) is 5.78 Å². The number of halogens is 4. The third-order valence-electron chi connectivity index (χ3n) is 2.17. The van der Waals surface area contributed by atoms with Crippen molar-refractivity contribution in [2.45, 2.75) is 6.18 Å². The van der Waals surface area contributed by atoms with Gasteiger partial charge in [-0.15, -0.1) is 0 Å². The summed E-state index contributed by atoms with van der Waals surface area (Å²) in [5.74, 6) is -1.88. The molecule has 0 atom stereocenters. The van der Waals surface area contributed by atoms with Gasteiger partial charge in [0.1, 0.15) is 0 Å². The number of benzene rings is 1. The van der Waals surface area contributed by atoms with Crippen LogP contribution >= 0.6 is 11.6 Å². The maximum atomic E-state index is 12.2. The van der Waals surface area contributed by atoms with E-state index in [0.29, 0.717) is 15.9 Å². The van der Waals surface area contributed by atoms with E-state index >= 15 is 0 Å². The number of ketones is 1. The second kappa shape index (κ2) is 4.00. The zero-order valence-corrected chi connectivity index (χ0v) is 9.01. The van der Waals surface area contributed by atoms with Crippen molar-refractivity contribution in [1.29, 1.82) is 0 Å². The molecule has 6 heteroatoms. The van der Waals surface area contributed by atoms with Gasteiger partial charge in [0, 0.05) is 17.1 Å². The minimum atomic E-state index is -4.87. The number of pyridine rings is 1. The van der Waals surface area contributed by atoms with Crippen molar-refractivity contribution < 1.29 is 18.0 Å². The predicted octanol–water partition coefficient (Wildman–Crippen LogP) is 3.63. The Balaban J connectivity index is 2.52. The van der Waals surface area contributed by atoms with Gasteiger partial charge in [-0.3, -0.25) is 9.78 Å². The van der Waals surface area contributed by atoms with E-state index in [4.69, 9.17) is 11.6 Å². The lowest BCUT2D eigenvalue weighted by molar-refractivity contribution is -0.0885. The Labute approximate surface area is 99.0 Å². The van der Waals surface area contributed by atoms with E-state index in [1.54, 1.807) is 6.07 Å². The van der Waals surface area contributed by atoms with Crippen LogP contribution in [-0.4, -0.2) is 16.9 Å². The summed E-state index contributed by atoms with van der Waals surface area (Å²) in [6.45, 7) is 0. The maximum absolute atomic E-state index is 12.2. The van der Waals surface area contributed by atoms with Gasteiger partial charge in [0.05, 0.1) is 10.5 Å². The van der Waals surface area contributed by atoms with Gasteiger partial charge in [0.2, 0.25) is 0 Å². The van der Waals surface area contributed by atoms with Crippen LogP contribution in [0.3, 0.4) is 0 Å².